The highest BCUT2D eigenvalue weighted by Crippen LogP contribution is 2.22. The Morgan fingerprint density at radius 1 is 1.15 bits per heavy atom. The summed E-state index contributed by atoms with van der Waals surface area (Å²) in [7, 11) is 0. The smallest absolute Gasteiger partial charge is 0.407 e. The van der Waals surface area contributed by atoms with Gasteiger partial charge in [0.1, 0.15) is 11.4 Å². The van der Waals surface area contributed by atoms with E-state index in [2.05, 4.69) is 19.2 Å². The summed E-state index contributed by atoms with van der Waals surface area (Å²) in [5.74, 6) is 0.373. The van der Waals surface area contributed by atoms with E-state index in [4.69, 9.17) is 14.2 Å². The first kappa shape index (κ1) is 23.9. The molecule has 1 saturated heterocycles. The van der Waals surface area contributed by atoms with E-state index in [1.165, 1.54) is 0 Å². The quantitative estimate of drug-likeness (QED) is 0.634. The van der Waals surface area contributed by atoms with Crippen molar-refractivity contribution in [2.24, 2.45) is 11.8 Å². The third-order valence-electron chi connectivity index (χ3n) is 4.39. The Labute approximate surface area is 164 Å². The minimum absolute atomic E-state index is 0.0791. The van der Waals surface area contributed by atoms with Crippen LogP contribution in [0.4, 0.5) is 4.79 Å². The fourth-order valence-corrected chi connectivity index (χ4v) is 3.00. The summed E-state index contributed by atoms with van der Waals surface area (Å²) in [4.78, 5) is 24.8. The molecule has 0 aliphatic carbocycles. The summed E-state index contributed by atoms with van der Waals surface area (Å²) in [6.45, 7) is 14.1. The van der Waals surface area contributed by atoms with E-state index in [-0.39, 0.29) is 30.5 Å². The molecule has 1 aliphatic rings. The van der Waals surface area contributed by atoms with E-state index in [0.717, 1.165) is 19.3 Å². The Hall–Kier alpha value is -1.14. The summed E-state index contributed by atoms with van der Waals surface area (Å²) >= 11 is 0. The summed E-state index contributed by atoms with van der Waals surface area (Å²) in [5, 5.41) is 2.94. The maximum Gasteiger partial charge on any atom is 0.407 e. The average Bonchev–Trinajstić information content (AvgIpc) is 2.52. The highest BCUT2D eigenvalue weighted by molar-refractivity contribution is 5.81. The number of ether oxygens (including phenoxy) is 3. The molecular weight excluding hydrogens is 346 g/mol. The van der Waals surface area contributed by atoms with Gasteiger partial charge in [-0.05, 0) is 52.4 Å². The Balaban J connectivity index is 2.92. The van der Waals surface area contributed by atoms with Gasteiger partial charge in [-0.3, -0.25) is 4.79 Å². The van der Waals surface area contributed by atoms with Crippen LogP contribution in [0.1, 0.15) is 80.6 Å². The summed E-state index contributed by atoms with van der Waals surface area (Å²) in [5.41, 5.74) is -0.580. The molecule has 1 amide bonds. The highest BCUT2D eigenvalue weighted by Gasteiger charge is 2.32. The molecule has 27 heavy (non-hydrogen) atoms. The van der Waals surface area contributed by atoms with E-state index in [0.29, 0.717) is 18.9 Å². The number of alkyl carbamates (subject to hydrolysis) is 1. The molecule has 6 heteroatoms. The van der Waals surface area contributed by atoms with E-state index < -0.39 is 17.8 Å². The lowest BCUT2D eigenvalue weighted by molar-refractivity contribution is -0.196. The monoisotopic (exact) mass is 385 g/mol. The SMILES string of the molecule is CC(C)C[C@H](NC(=O)OC(C)(C)C)[C@H](CC(=O)C(C)C)OC1CCCCO1. The largest absolute Gasteiger partial charge is 0.444 e. The van der Waals surface area contributed by atoms with Crippen molar-refractivity contribution in [3.63, 3.8) is 0 Å². The fraction of sp³-hybridized carbons (Fsp3) is 0.905. The van der Waals surface area contributed by atoms with Crippen LogP contribution in [0.25, 0.3) is 0 Å². The Morgan fingerprint density at radius 2 is 1.81 bits per heavy atom. The second-order valence-electron chi connectivity index (χ2n) is 9.18. The number of hydrogen-bond acceptors (Lipinski definition) is 5. The summed E-state index contributed by atoms with van der Waals surface area (Å²) in [6, 6.07) is -0.312. The van der Waals surface area contributed by atoms with Crippen molar-refractivity contribution in [2.45, 2.75) is 105 Å². The van der Waals surface area contributed by atoms with Gasteiger partial charge in [0.05, 0.1) is 12.1 Å². The number of nitrogens with one attached hydrogen (secondary N) is 1. The minimum Gasteiger partial charge on any atom is -0.444 e. The second kappa shape index (κ2) is 11.0. The zero-order chi connectivity index (χ0) is 20.6. The summed E-state index contributed by atoms with van der Waals surface area (Å²) < 4.78 is 17.3. The van der Waals surface area contributed by atoms with Crippen LogP contribution in [0.15, 0.2) is 0 Å². The van der Waals surface area contributed by atoms with Gasteiger partial charge in [-0.15, -0.1) is 0 Å². The molecule has 3 atom stereocenters. The van der Waals surface area contributed by atoms with Crippen LogP contribution < -0.4 is 5.32 Å². The fourth-order valence-electron chi connectivity index (χ4n) is 3.00. The molecule has 0 aromatic carbocycles. The molecule has 0 aromatic heterocycles. The van der Waals surface area contributed by atoms with Gasteiger partial charge in [0.2, 0.25) is 0 Å². The van der Waals surface area contributed by atoms with Gasteiger partial charge < -0.3 is 19.5 Å². The van der Waals surface area contributed by atoms with Crippen LogP contribution in [0.5, 0.6) is 0 Å². The molecule has 1 heterocycles. The van der Waals surface area contributed by atoms with Crippen molar-refractivity contribution in [1.29, 1.82) is 0 Å². The van der Waals surface area contributed by atoms with Crippen LogP contribution in [-0.2, 0) is 19.0 Å². The van der Waals surface area contributed by atoms with Gasteiger partial charge in [-0.1, -0.05) is 27.7 Å². The number of amides is 1. The molecular formula is C21H39NO5. The van der Waals surface area contributed by atoms with E-state index in [1.807, 2.05) is 34.6 Å². The molecule has 1 N–H and O–H groups in total. The molecule has 0 saturated carbocycles. The number of carbonyl (C=O) groups is 2. The topological polar surface area (TPSA) is 73.9 Å². The second-order valence-corrected chi connectivity index (χ2v) is 9.18. The van der Waals surface area contributed by atoms with Crippen LogP contribution in [-0.4, -0.2) is 42.5 Å². The maximum atomic E-state index is 12.4. The minimum atomic E-state index is -0.580. The molecule has 158 valence electrons. The van der Waals surface area contributed by atoms with Gasteiger partial charge in [0, 0.05) is 18.9 Å². The lowest BCUT2D eigenvalue weighted by Gasteiger charge is -2.34. The summed E-state index contributed by atoms with van der Waals surface area (Å²) in [6.07, 6.45) is 2.60. The molecule has 6 nitrogen and oxygen atoms in total. The van der Waals surface area contributed by atoms with Crippen molar-refractivity contribution in [3.05, 3.63) is 0 Å². The Bertz CT molecular complexity index is 464. The Morgan fingerprint density at radius 3 is 2.30 bits per heavy atom. The lowest BCUT2D eigenvalue weighted by atomic mass is 9.93. The molecule has 1 unspecified atom stereocenters. The number of carbonyl (C=O) groups excluding carboxylic acids is 2. The van der Waals surface area contributed by atoms with Crippen molar-refractivity contribution in [3.8, 4) is 0 Å². The zero-order valence-electron chi connectivity index (χ0n) is 18.2. The number of rotatable bonds is 9. The molecule has 0 spiro atoms. The zero-order valence-corrected chi connectivity index (χ0v) is 18.2. The van der Waals surface area contributed by atoms with E-state index in [1.54, 1.807) is 0 Å². The first-order valence-electron chi connectivity index (χ1n) is 10.3. The van der Waals surface area contributed by atoms with Crippen molar-refractivity contribution >= 4 is 11.9 Å². The van der Waals surface area contributed by atoms with Crippen LogP contribution >= 0.6 is 0 Å². The van der Waals surface area contributed by atoms with Crippen LogP contribution in [0, 0.1) is 11.8 Å². The van der Waals surface area contributed by atoms with Gasteiger partial charge in [-0.25, -0.2) is 4.79 Å². The lowest BCUT2D eigenvalue weighted by Crippen LogP contribution is -2.49. The van der Waals surface area contributed by atoms with Crippen molar-refractivity contribution < 1.29 is 23.8 Å². The molecule has 0 bridgehead atoms. The first-order chi connectivity index (χ1) is 12.5. The molecule has 1 aliphatic heterocycles. The predicted molar refractivity (Wildman–Crippen MR) is 106 cm³/mol. The van der Waals surface area contributed by atoms with Gasteiger partial charge in [-0.2, -0.15) is 0 Å². The first-order valence-corrected chi connectivity index (χ1v) is 10.3. The third kappa shape index (κ3) is 10.1. The van der Waals surface area contributed by atoms with Gasteiger partial charge in [0.25, 0.3) is 0 Å². The molecule has 0 aromatic rings. The van der Waals surface area contributed by atoms with E-state index >= 15 is 0 Å². The Kier molecular flexibility index (Phi) is 9.74. The number of hydrogen-bond donors (Lipinski definition) is 1. The van der Waals surface area contributed by atoms with Gasteiger partial charge >= 0.3 is 6.09 Å². The average molecular weight is 386 g/mol. The van der Waals surface area contributed by atoms with Crippen molar-refractivity contribution in [1.82, 2.24) is 5.32 Å². The van der Waals surface area contributed by atoms with Crippen molar-refractivity contribution in [2.75, 3.05) is 6.61 Å². The molecule has 0 radical (unpaired) electrons. The van der Waals surface area contributed by atoms with Crippen LogP contribution in [0.2, 0.25) is 0 Å². The molecule has 1 fully saturated rings. The number of Topliss-reactive ketones (excluding diaryl/α,β-unsaturated/α-hetero) is 1. The molecule has 1 rings (SSSR count). The normalized spacial score (nSPS) is 20.4. The maximum absolute atomic E-state index is 12.4. The highest BCUT2D eigenvalue weighted by atomic mass is 16.7. The standard InChI is InChI=1S/C21H39NO5/c1-14(2)12-16(22-20(24)27-21(5,6)7)18(13-17(23)15(3)4)26-19-10-8-9-11-25-19/h14-16,18-19H,8-13H2,1-7H3,(H,22,24)/t16-,18-,19?/m0/s1. The third-order valence-corrected chi connectivity index (χ3v) is 4.39. The van der Waals surface area contributed by atoms with Gasteiger partial charge in [0.15, 0.2) is 6.29 Å². The van der Waals surface area contributed by atoms with Crippen LogP contribution in [0.3, 0.4) is 0 Å². The van der Waals surface area contributed by atoms with E-state index in [9.17, 15) is 9.59 Å². The predicted octanol–water partition coefficient (Wildman–Crippen LogP) is 4.45. The number of ketones is 1.